The molecule has 0 fully saturated rings. The first-order valence-electron chi connectivity index (χ1n) is 1.55. The van der Waals surface area contributed by atoms with Crippen LogP contribution in [0.15, 0.2) is 0 Å². The number of nitrogens with zero attached hydrogens (tertiary/aromatic N) is 4. The van der Waals surface area contributed by atoms with Crippen LogP contribution in [-0.2, 0) is 59.4 Å². The van der Waals surface area contributed by atoms with Crippen LogP contribution in [-0.4, -0.2) is 12.5 Å². The summed E-state index contributed by atoms with van der Waals surface area (Å²) in [7, 11) is 0. The number of hydrogen-bond donors (Lipinski definition) is 0. The Morgan fingerprint density at radius 3 is 0.643 bits per heavy atom. The molecule has 0 N–H and O–H groups in total. The molecule has 0 heterocycles. The Kier molecular flexibility index (Phi) is 464000. The van der Waals surface area contributed by atoms with Crippen LogP contribution in [0, 0.1) is 19.6 Å². The second-order valence-electron chi connectivity index (χ2n) is 0. The van der Waals surface area contributed by atoms with Crippen molar-refractivity contribution in [2.45, 2.75) is 0 Å². The minimum absolute atomic E-state index is 0. The van der Waals surface area contributed by atoms with Gasteiger partial charge in [0, 0.05) is 0 Å². The maximum absolute atomic E-state index is 7.25. The molecule has 2 radical (unpaired) electrons. The van der Waals surface area contributed by atoms with Crippen molar-refractivity contribution in [3.8, 4) is 0 Å². The van der Waals surface area contributed by atoms with Crippen molar-refractivity contribution in [1.29, 1.82) is 0 Å². The van der Waals surface area contributed by atoms with E-state index in [4.69, 9.17) is 42.0 Å². The van der Waals surface area contributed by atoms with Gasteiger partial charge in [0.05, 0.1) is 0 Å². The van der Waals surface area contributed by atoms with E-state index in [2.05, 4.69) is 25.3 Å². The Labute approximate surface area is 114 Å². The van der Waals surface area contributed by atoms with Gasteiger partial charge in [-0.3, -0.25) is 0 Å². The van der Waals surface area contributed by atoms with Crippen LogP contribution in [0.1, 0.15) is 0 Å². The third-order valence-electron chi connectivity index (χ3n) is 0. The monoisotopic (exact) mass is 326 g/mol. The van der Waals surface area contributed by atoms with E-state index < -0.39 is 0 Å². The molecular formula is C2H6Fe2N4O4S2. The Hall–Kier alpha value is 0.139. The SMILES string of the molecule is C[S-].C[S-].[Fe+2].[Fe+2].[N-]=O.[N-]=O.[N]=O.[N]=O. The van der Waals surface area contributed by atoms with Crippen molar-refractivity contribution in [2.24, 2.45) is 0 Å². The molecule has 12 heteroatoms. The largest absolute Gasteiger partial charge is 2.00 e. The van der Waals surface area contributed by atoms with E-state index in [1.165, 1.54) is 0 Å². The number of hydrogen-bond acceptors (Lipinski definition) is 6. The van der Waals surface area contributed by atoms with Crippen LogP contribution in [0.3, 0.4) is 0 Å². The zero-order chi connectivity index (χ0) is 12.0. The molecule has 0 spiro atoms. The topological polar surface area (TPSA) is 157 Å². The van der Waals surface area contributed by atoms with E-state index in [-0.39, 0.29) is 34.1 Å². The van der Waals surface area contributed by atoms with Gasteiger partial charge in [0.1, 0.15) is 11.2 Å². The fourth-order valence-electron chi connectivity index (χ4n) is 0. The molecule has 0 rings (SSSR count). The average molecular weight is 326 g/mol. The summed E-state index contributed by atoms with van der Waals surface area (Å²) in [5, 5.41) is 0. The second kappa shape index (κ2) is 100000. The number of rotatable bonds is 0. The molecular weight excluding hydrogens is 320 g/mol. The summed E-state index contributed by atoms with van der Waals surface area (Å²) in [6, 6.07) is 0. The molecule has 0 aromatic heterocycles. The van der Waals surface area contributed by atoms with Crippen LogP contribution in [0.5, 0.6) is 0 Å². The van der Waals surface area contributed by atoms with Gasteiger partial charge < -0.3 is 46.3 Å². The molecule has 0 aliphatic rings. The predicted molar refractivity (Wildman–Crippen MR) is 51.0 cm³/mol. The second-order valence-corrected chi connectivity index (χ2v) is 0. The quantitative estimate of drug-likeness (QED) is 0.452. The van der Waals surface area contributed by atoms with Crippen molar-refractivity contribution >= 4 is 25.3 Å². The zero-order valence-corrected chi connectivity index (χ0v) is 10.8. The summed E-state index contributed by atoms with van der Waals surface area (Å²) in [4.78, 5) is 29.0. The molecule has 86 valence electrons. The fraction of sp³-hybridized carbons (Fsp3) is 1.00. The summed E-state index contributed by atoms with van der Waals surface area (Å²) < 4.78 is 0. The molecule has 0 unspecified atom stereocenters. The van der Waals surface area contributed by atoms with Gasteiger partial charge in [-0.1, -0.05) is 0 Å². The molecule has 8 nitrogen and oxygen atoms in total. The summed E-state index contributed by atoms with van der Waals surface area (Å²) in [5.41, 5.74) is 23.0. The first-order chi connectivity index (χ1) is 6.00. The summed E-state index contributed by atoms with van der Waals surface area (Å²) in [6.07, 6.45) is 3.17. The fourth-order valence-corrected chi connectivity index (χ4v) is 0. The average Bonchev–Trinajstić information content (AvgIpc) is 2.33. The summed E-state index contributed by atoms with van der Waals surface area (Å²) in [6.45, 7) is 0. The van der Waals surface area contributed by atoms with Gasteiger partial charge in [0.15, 0.2) is 0 Å². The van der Waals surface area contributed by atoms with Crippen LogP contribution in [0.2, 0.25) is 0 Å². The van der Waals surface area contributed by atoms with Gasteiger partial charge in [-0.25, -0.2) is 0 Å². The third-order valence-corrected chi connectivity index (χ3v) is 0. The first-order valence-corrected chi connectivity index (χ1v) is 3.18. The molecule has 14 heavy (non-hydrogen) atoms. The van der Waals surface area contributed by atoms with E-state index in [1.807, 2.05) is 0 Å². The minimum atomic E-state index is 0. The Balaban J connectivity index is -0.00000000500. The zero-order valence-electron chi connectivity index (χ0n) is 6.95. The van der Waals surface area contributed by atoms with E-state index in [0.717, 1.165) is 0 Å². The molecule has 0 bridgehead atoms. The van der Waals surface area contributed by atoms with Crippen molar-refractivity contribution in [1.82, 2.24) is 11.2 Å². The molecule has 0 aromatic carbocycles. The third kappa shape index (κ3) is 78000. The summed E-state index contributed by atoms with van der Waals surface area (Å²) in [5.74, 6) is 0. The van der Waals surface area contributed by atoms with Gasteiger partial charge in [-0.15, -0.1) is 9.81 Å². The van der Waals surface area contributed by atoms with Gasteiger partial charge in [-0.05, 0) is 0 Å². The van der Waals surface area contributed by atoms with E-state index in [1.54, 1.807) is 12.5 Å². The Bertz CT molecular complexity index is 39.3. The van der Waals surface area contributed by atoms with E-state index in [0.29, 0.717) is 0 Å². The standard InChI is InChI=1S/2CH4S.2Fe.4NO/c2*1-2;;;4*1-2/h2*2H,1H3;;;;;;/q;;2*+2;;;2*-1/p-2. The van der Waals surface area contributed by atoms with Gasteiger partial charge in [0.25, 0.3) is 0 Å². The van der Waals surface area contributed by atoms with Gasteiger partial charge in [0.2, 0.25) is 0 Å². The van der Waals surface area contributed by atoms with Crippen molar-refractivity contribution in [3.05, 3.63) is 30.8 Å². The molecule has 0 amide bonds. The van der Waals surface area contributed by atoms with Crippen LogP contribution >= 0.6 is 0 Å². The van der Waals surface area contributed by atoms with Crippen molar-refractivity contribution < 1.29 is 34.1 Å². The molecule has 0 atom stereocenters. The Morgan fingerprint density at radius 1 is 0.643 bits per heavy atom. The maximum atomic E-state index is 7.25. The molecule has 0 saturated carbocycles. The molecule has 0 aliphatic heterocycles. The summed E-state index contributed by atoms with van der Waals surface area (Å²) >= 11 is 8.17. The normalized spacial score (nSPS) is 2.00. The molecule has 0 aromatic rings. The predicted octanol–water partition coefficient (Wildman–Crippen LogP) is 0.0714. The smallest absolute Gasteiger partial charge is 0.796 e. The molecule has 0 saturated heterocycles. The first kappa shape index (κ1) is 64.8. The Morgan fingerprint density at radius 2 is 0.643 bits per heavy atom. The van der Waals surface area contributed by atoms with Gasteiger partial charge in [-0.2, -0.15) is 12.5 Å². The maximum Gasteiger partial charge on any atom is 2.00 e. The van der Waals surface area contributed by atoms with E-state index >= 15 is 0 Å². The van der Waals surface area contributed by atoms with Crippen molar-refractivity contribution in [3.63, 3.8) is 0 Å². The van der Waals surface area contributed by atoms with Gasteiger partial charge >= 0.3 is 34.1 Å². The number of nitroso groups, excluding NO2 is 4. The minimum Gasteiger partial charge on any atom is -0.796 e. The molecule has 0 aliphatic carbocycles. The van der Waals surface area contributed by atoms with Crippen LogP contribution < -0.4 is 11.2 Å². The van der Waals surface area contributed by atoms with Crippen LogP contribution in [0.25, 0.3) is 11.2 Å². The van der Waals surface area contributed by atoms with Crippen molar-refractivity contribution in [2.75, 3.05) is 12.5 Å². The van der Waals surface area contributed by atoms with Crippen LogP contribution in [0.4, 0.5) is 0 Å². The van der Waals surface area contributed by atoms with E-state index in [9.17, 15) is 0 Å².